The standard InChI is InChI=1S/C9H17FN4/c1-8(2)5-11-6-9-12-7-13-14(9)4-3-10/h7-8,11H,3-6H2,1-2H3. The summed E-state index contributed by atoms with van der Waals surface area (Å²) in [6, 6.07) is 0. The van der Waals surface area contributed by atoms with Gasteiger partial charge in [-0.1, -0.05) is 13.8 Å². The highest BCUT2D eigenvalue weighted by molar-refractivity contribution is 4.83. The second kappa shape index (κ2) is 5.70. The lowest BCUT2D eigenvalue weighted by atomic mass is 10.2. The van der Waals surface area contributed by atoms with E-state index in [0.29, 0.717) is 19.0 Å². The fraction of sp³-hybridized carbons (Fsp3) is 0.778. The zero-order valence-corrected chi connectivity index (χ0v) is 8.70. The SMILES string of the molecule is CC(C)CNCc1ncnn1CCF. The first kappa shape index (κ1) is 11.1. The molecule has 0 saturated carbocycles. The van der Waals surface area contributed by atoms with E-state index < -0.39 is 6.67 Å². The summed E-state index contributed by atoms with van der Waals surface area (Å²) in [5.74, 6) is 1.40. The summed E-state index contributed by atoms with van der Waals surface area (Å²) in [5.41, 5.74) is 0. The summed E-state index contributed by atoms with van der Waals surface area (Å²) in [7, 11) is 0. The first-order valence-corrected chi connectivity index (χ1v) is 4.87. The van der Waals surface area contributed by atoms with Gasteiger partial charge in [0.2, 0.25) is 0 Å². The molecule has 14 heavy (non-hydrogen) atoms. The fourth-order valence-electron chi connectivity index (χ4n) is 1.16. The second-order valence-electron chi connectivity index (χ2n) is 3.61. The van der Waals surface area contributed by atoms with Crippen molar-refractivity contribution in [1.29, 1.82) is 0 Å². The summed E-state index contributed by atoms with van der Waals surface area (Å²) in [5, 5.41) is 7.17. The van der Waals surface area contributed by atoms with E-state index in [1.54, 1.807) is 4.68 Å². The van der Waals surface area contributed by atoms with Gasteiger partial charge in [-0.3, -0.25) is 0 Å². The molecule has 0 bridgehead atoms. The van der Waals surface area contributed by atoms with Crippen molar-refractivity contribution in [1.82, 2.24) is 20.1 Å². The van der Waals surface area contributed by atoms with Crippen LogP contribution in [-0.2, 0) is 13.1 Å². The summed E-state index contributed by atoms with van der Waals surface area (Å²) >= 11 is 0. The van der Waals surface area contributed by atoms with Crippen molar-refractivity contribution >= 4 is 0 Å². The summed E-state index contributed by atoms with van der Waals surface area (Å²) < 4.78 is 13.7. The average Bonchev–Trinajstić information content (AvgIpc) is 2.53. The molecule has 4 nitrogen and oxygen atoms in total. The maximum Gasteiger partial charge on any atom is 0.140 e. The third-order valence-corrected chi connectivity index (χ3v) is 1.83. The molecule has 1 rings (SSSR count). The number of hydrogen-bond donors (Lipinski definition) is 1. The zero-order valence-electron chi connectivity index (χ0n) is 8.70. The van der Waals surface area contributed by atoms with E-state index in [4.69, 9.17) is 0 Å². The summed E-state index contributed by atoms with van der Waals surface area (Å²) in [6.45, 7) is 5.75. The highest BCUT2D eigenvalue weighted by Crippen LogP contribution is 1.95. The van der Waals surface area contributed by atoms with Crippen molar-refractivity contribution in [3.8, 4) is 0 Å². The van der Waals surface area contributed by atoms with E-state index in [1.807, 2.05) is 0 Å². The topological polar surface area (TPSA) is 42.7 Å². The van der Waals surface area contributed by atoms with Gasteiger partial charge in [-0.2, -0.15) is 5.10 Å². The molecule has 0 atom stereocenters. The Morgan fingerprint density at radius 2 is 2.36 bits per heavy atom. The van der Waals surface area contributed by atoms with Crippen LogP contribution in [-0.4, -0.2) is 28.0 Å². The number of alkyl halides is 1. The highest BCUT2D eigenvalue weighted by Gasteiger charge is 2.03. The monoisotopic (exact) mass is 200 g/mol. The minimum Gasteiger partial charge on any atom is -0.310 e. The van der Waals surface area contributed by atoms with Gasteiger partial charge in [0.15, 0.2) is 0 Å². The van der Waals surface area contributed by atoms with Crippen LogP contribution in [0.15, 0.2) is 6.33 Å². The maximum absolute atomic E-state index is 12.1. The van der Waals surface area contributed by atoms with Gasteiger partial charge >= 0.3 is 0 Å². The van der Waals surface area contributed by atoms with Crippen LogP contribution in [0.5, 0.6) is 0 Å². The third kappa shape index (κ3) is 3.41. The molecular formula is C9H17FN4. The van der Waals surface area contributed by atoms with Gasteiger partial charge in [0.1, 0.15) is 18.8 Å². The lowest BCUT2D eigenvalue weighted by molar-refractivity contribution is 0.413. The van der Waals surface area contributed by atoms with E-state index in [0.717, 1.165) is 12.4 Å². The second-order valence-corrected chi connectivity index (χ2v) is 3.61. The molecule has 0 aromatic carbocycles. The van der Waals surface area contributed by atoms with Crippen LogP contribution >= 0.6 is 0 Å². The molecule has 1 aromatic rings. The Labute approximate surface area is 83.5 Å². The lowest BCUT2D eigenvalue weighted by Crippen LogP contribution is -2.22. The third-order valence-electron chi connectivity index (χ3n) is 1.83. The number of rotatable bonds is 6. The van der Waals surface area contributed by atoms with Gasteiger partial charge in [0.25, 0.3) is 0 Å². The van der Waals surface area contributed by atoms with Gasteiger partial charge in [0.05, 0.1) is 13.1 Å². The molecule has 1 aromatic heterocycles. The zero-order chi connectivity index (χ0) is 10.4. The number of hydrogen-bond acceptors (Lipinski definition) is 3. The van der Waals surface area contributed by atoms with Crippen molar-refractivity contribution < 1.29 is 4.39 Å². The van der Waals surface area contributed by atoms with Crippen LogP contribution < -0.4 is 5.32 Å². The van der Waals surface area contributed by atoms with Gasteiger partial charge < -0.3 is 5.32 Å². The molecule has 0 spiro atoms. The van der Waals surface area contributed by atoms with E-state index in [1.165, 1.54) is 6.33 Å². The molecule has 0 radical (unpaired) electrons. The molecule has 1 N–H and O–H groups in total. The molecule has 0 unspecified atom stereocenters. The summed E-state index contributed by atoms with van der Waals surface area (Å²) in [6.07, 6.45) is 1.46. The Kier molecular flexibility index (Phi) is 4.52. The van der Waals surface area contributed by atoms with Crippen molar-refractivity contribution in [2.45, 2.75) is 26.9 Å². The molecule has 0 aliphatic heterocycles. The fourth-order valence-corrected chi connectivity index (χ4v) is 1.16. The number of nitrogens with zero attached hydrogens (tertiary/aromatic N) is 3. The Balaban J connectivity index is 2.37. The van der Waals surface area contributed by atoms with Crippen molar-refractivity contribution in [2.75, 3.05) is 13.2 Å². The predicted molar refractivity (Wildman–Crippen MR) is 52.5 cm³/mol. The van der Waals surface area contributed by atoms with Crippen LogP contribution in [0.25, 0.3) is 0 Å². The number of nitrogens with one attached hydrogen (secondary N) is 1. The van der Waals surface area contributed by atoms with Crippen LogP contribution in [0.1, 0.15) is 19.7 Å². The van der Waals surface area contributed by atoms with E-state index in [2.05, 4.69) is 29.2 Å². The first-order chi connectivity index (χ1) is 6.74. The van der Waals surface area contributed by atoms with Crippen LogP contribution in [0.3, 0.4) is 0 Å². The quantitative estimate of drug-likeness (QED) is 0.744. The smallest absolute Gasteiger partial charge is 0.140 e. The molecule has 0 amide bonds. The van der Waals surface area contributed by atoms with E-state index in [-0.39, 0.29) is 0 Å². The molecule has 1 heterocycles. The number of aromatic nitrogens is 3. The minimum absolute atomic E-state index is 0.290. The van der Waals surface area contributed by atoms with Crippen molar-refractivity contribution in [3.05, 3.63) is 12.2 Å². The first-order valence-electron chi connectivity index (χ1n) is 4.87. The van der Waals surface area contributed by atoms with E-state index >= 15 is 0 Å². The van der Waals surface area contributed by atoms with Gasteiger partial charge in [-0.05, 0) is 12.5 Å². The molecule has 0 aliphatic carbocycles. The largest absolute Gasteiger partial charge is 0.310 e. The molecular weight excluding hydrogens is 183 g/mol. The molecule has 0 fully saturated rings. The highest BCUT2D eigenvalue weighted by atomic mass is 19.1. The van der Waals surface area contributed by atoms with Gasteiger partial charge in [0, 0.05) is 0 Å². The van der Waals surface area contributed by atoms with Gasteiger partial charge in [-0.15, -0.1) is 0 Å². The van der Waals surface area contributed by atoms with Crippen LogP contribution in [0.2, 0.25) is 0 Å². The Bertz CT molecular complexity index is 259. The van der Waals surface area contributed by atoms with Crippen LogP contribution in [0.4, 0.5) is 4.39 Å². The Morgan fingerprint density at radius 3 is 3.00 bits per heavy atom. The average molecular weight is 200 g/mol. The predicted octanol–water partition coefficient (Wildman–Crippen LogP) is 0.993. The van der Waals surface area contributed by atoms with Crippen LogP contribution in [0, 0.1) is 5.92 Å². The number of aryl methyl sites for hydroxylation is 1. The molecule has 5 heteroatoms. The van der Waals surface area contributed by atoms with E-state index in [9.17, 15) is 4.39 Å². The van der Waals surface area contributed by atoms with Crippen molar-refractivity contribution in [3.63, 3.8) is 0 Å². The Morgan fingerprint density at radius 1 is 1.57 bits per heavy atom. The van der Waals surface area contributed by atoms with Crippen molar-refractivity contribution in [2.24, 2.45) is 5.92 Å². The molecule has 0 aliphatic rings. The lowest BCUT2D eigenvalue weighted by Gasteiger charge is -2.07. The molecule has 0 saturated heterocycles. The number of halogens is 1. The normalized spacial score (nSPS) is 11.1. The van der Waals surface area contributed by atoms with Gasteiger partial charge in [-0.25, -0.2) is 14.1 Å². The maximum atomic E-state index is 12.1. The Hall–Kier alpha value is -0.970. The minimum atomic E-state index is -0.402. The summed E-state index contributed by atoms with van der Waals surface area (Å²) in [4.78, 5) is 4.05. The molecule has 80 valence electrons.